The van der Waals surface area contributed by atoms with Crippen molar-refractivity contribution in [3.8, 4) is 33.7 Å². The Balaban J connectivity index is 0.996. The molecule has 0 aliphatic heterocycles. The van der Waals surface area contributed by atoms with Crippen molar-refractivity contribution in [3.63, 3.8) is 0 Å². The molecule has 0 spiro atoms. The maximum Gasteiger partial charge on any atom is 0.227 e. The Labute approximate surface area is 317 Å². The summed E-state index contributed by atoms with van der Waals surface area (Å²) in [4.78, 5) is 7.41. The second-order valence-electron chi connectivity index (χ2n) is 14.0. The van der Waals surface area contributed by atoms with Crippen LogP contribution in [0.5, 0.6) is 0 Å². The molecule has 0 unspecified atom stereocenters. The molecule has 2 heterocycles. The Hall–Kier alpha value is -7.43. The highest BCUT2D eigenvalue weighted by Gasteiger charge is 2.19. The van der Waals surface area contributed by atoms with Crippen molar-refractivity contribution >= 4 is 71.6 Å². The Bertz CT molecular complexity index is 3220. The number of benzene rings is 9. The molecule has 0 aliphatic carbocycles. The summed E-state index contributed by atoms with van der Waals surface area (Å²) in [5.41, 5.74) is 11.8. The first kappa shape index (κ1) is 31.1. The minimum absolute atomic E-state index is 0.565. The zero-order valence-corrected chi connectivity index (χ0v) is 29.7. The average molecular weight is 705 g/mol. The molecule has 4 heteroatoms. The third-order valence-electron chi connectivity index (χ3n) is 10.7. The van der Waals surface area contributed by atoms with E-state index in [-0.39, 0.29) is 0 Å². The number of nitrogens with zero attached hydrogens (tertiary/aromatic N) is 2. The third kappa shape index (κ3) is 5.34. The Morgan fingerprint density at radius 1 is 0.364 bits per heavy atom. The van der Waals surface area contributed by atoms with Gasteiger partial charge in [0.15, 0.2) is 5.58 Å². The summed E-state index contributed by atoms with van der Waals surface area (Å²) in [6.07, 6.45) is 0. The van der Waals surface area contributed by atoms with Gasteiger partial charge in [0.2, 0.25) is 5.89 Å². The van der Waals surface area contributed by atoms with Crippen LogP contribution in [0.15, 0.2) is 203 Å². The number of hydrogen-bond acceptors (Lipinski definition) is 4. The highest BCUT2D eigenvalue weighted by molar-refractivity contribution is 6.06. The fraction of sp³-hybridized carbons (Fsp3) is 0. The van der Waals surface area contributed by atoms with Crippen LogP contribution >= 0.6 is 0 Å². The van der Waals surface area contributed by atoms with Crippen LogP contribution in [-0.2, 0) is 0 Å². The normalized spacial score (nSPS) is 11.6. The average Bonchev–Trinajstić information content (AvgIpc) is 3.86. The molecule has 0 aliphatic rings. The molecular formula is C51H32N2O2. The van der Waals surface area contributed by atoms with E-state index < -0.39 is 0 Å². The Kier molecular flexibility index (Phi) is 7.14. The molecule has 0 saturated heterocycles. The van der Waals surface area contributed by atoms with Gasteiger partial charge >= 0.3 is 0 Å². The first-order valence-electron chi connectivity index (χ1n) is 18.5. The third-order valence-corrected chi connectivity index (χ3v) is 10.7. The molecule has 2 aromatic heterocycles. The van der Waals surface area contributed by atoms with Crippen LogP contribution in [0, 0.1) is 0 Å². The summed E-state index contributed by atoms with van der Waals surface area (Å²) in [5.74, 6) is 0.565. The molecule has 0 atom stereocenters. The van der Waals surface area contributed by atoms with Gasteiger partial charge in [-0.15, -0.1) is 0 Å². The zero-order valence-electron chi connectivity index (χ0n) is 29.7. The van der Waals surface area contributed by atoms with E-state index in [0.29, 0.717) is 5.89 Å². The molecule has 55 heavy (non-hydrogen) atoms. The summed E-state index contributed by atoms with van der Waals surface area (Å²) in [6.45, 7) is 0. The van der Waals surface area contributed by atoms with Crippen LogP contribution in [-0.4, -0.2) is 4.98 Å². The van der Waals surface area contributed by atoms with E-state index in [1.807, 2.05) is 36.4 Å². The number of para-hydroxylation sites is 2. The van der Waals surface area contributed by atoms with Crippen molar-refractivity contribution in [1.29, 1.82) is 0 Å². The van der Waals surface area contributed by atoms with Crippen molar-refractivity contribution < 1.29 is 8.83 Å². The van der Waals surface area contributed by atoms with Gasteiger partial charge in [-0.05, 0) is 99.6 Å². The minimum Gasteiger partial charge on any atom is -0.456 e. The van der Waals surface area contributed by atoms with Crippen LogP contribution < -0.4 is 4.90 Å². The molecule has 0 radical (unpaired) electrons. The fourth-order valence-electron chi connectivity index (χ4n) is 7.98. The van der Waals surface area contributed by atoms with Gasteiger partial charge in [0.25, 0.3) is 0 Å². The number of fused-ring (bicyclic) bond motifs is 6. The fourth-order valence-corrected chi connectivity index (χ4v) is 7.98. The maximum atomic E-state index is 6.37. The van der Waals surface area contributed by atoms with E-state index in [4.69, 9.17) is 13.8 Å². The van der Waals surface area contributed by atoms with Crippen molar-refractivity contribution in [2.45, 2.75) is 0 Å². The first-order chi connectivity index (χ1) is 27.2. The van der Waals surface area contributed by atoms with E-state index in [1.165, 1.54) is 27.1 Å². The summed E-state index contributed by atoms with van der Waals surface area (Å²) < 4.78 is 12.5. The van der Waals surface area contributed by atoms with Gasteiger partial charge in [-0.3, -0.25) is 0 Å². The number of hydrogen-bond donors (Lipinski definition) is 0. The molecule has 0 N–H and O–H groups in total. The molecule has 0 fully saturated rings. The number of furan rings is 1. The molecule has 4 nitrogen and oxygen atoms in total. The SMILES string of the molecule is c1cc(-c2ccc3ccccc3c2)cc(N(c2ccc(-c3cccc4oc(-c5ccc6c(c5)oc5ccccc56)nc34)cc2)c2cccc3ccccc23)c1. The molecule has 0 bridgehead atoms. The molecule has 258 valence electrons. The zero-order chi connectivity index (χ0) is 36.3. The molecule has 0 amide bonds. The predicted molar refractivity (Wildman–Crippen MR) is 227 cm³/mol. The number of oxazole rings is 1. The van der Waals surface area contributed by atoms with Crippen molar-refractivity contribution in [3.05, 3.63) is 194 Å². The highest BCUT2D eigenvalue weighted by atomic mass is 16.3. The molecule has 0 saturated carbocycles. The number of aromatic nitrogens is 1. The van der Waals surface area contributed by atoms with Crippen LogP contribution in [0.4, 0.5) is 17.1 Å². The summed E-state index contributed by atoms with van der Waals surface area (Å²) >= 11 is 0. The molecular weight excluding hydrogens is 673 g/mol. The quantitative estimate of drug-likeness (QED) is 0.173. The standard InChI is InChI=1S/C51H32N2O2/c1-2-12-36-30-38(23-22-33(36)10-1)37-14-7-15-41(31-37)53(46-19-8-13-34-11-3-4-16-42(34)46)40-27-24-35(25-28-40)43-18-9-21-48-50(43)52-51(55-48)39-26-29-45-44-17-5-6-20-47(44)54-49(45)32-39/h1-32H. The van der Waals surface area contributed by atoms with Gasteiger partial charge < -0.3 is 13.7 Å². The lowest BCUT2D eigenvalue weighted by molar-refractivity contribution is 0.619. The Morgan fingerprint density at radius 2 is 1.04 bits per heavy atom. The van der Waals surface area contributed by atoms with Gasteiger partial charge in [0, 0.05) is 38.7 Å². The van der Waals surface area contributed by atoms with E-state index in [1.54, 1.807) is 0 Å². The van der Waals surface area contributed by atoms with E-state index in [2.05, 4.69) is 163 Å². The predicted octanol–water partition coefficient (Wildman–Crippen LogP) is 14.5. The molecule has 11 rings (SSSR count). The van der Waals surface area contributed by atoms with Gasteiger partial charge in [-0.2, -0.15) is 0 Å². The van der Waals surface area contributed by atoms with Crippen LogP contribution in [0.1, 0.15) is 0 Å². The maximum absolute atomic E-state index is 6.37. The highest BCUT2D eigenvalue weighted by Crippen LogP contribution is 2.42. The lowest BCUT2D eigenvalue weighted by Gasteiger charge is -2.27. The van der Waals surface area contributed by atoms with Crippen molar-refractivity contribution in [2.75, 3.05) is 4.90 Å². The van der Waals surface area contributed by atoms with Crippen LogP contribution in [0.25, 0.3) is 88.3 Å². The van der Waals surface area contributed by atoms with Gasteiger partial charge in [0.1, 0.15) is 16.7 Å². The largest absolute Gasteiger partial charge is 0.456 e. The monoisotopic (exact) mass is 704 g/mol. The van der Waals surface area contributed by atoms with Crippen LogP contribution in [0.3, 0.4) is 0 Å². The number of anilines is 3. The minimum atomic E-state index is 0.565. The lowest BCUT2D eigenvalue weighted by atomic mass is 9.99. The second-order valence-corrected chi connectivity index (χ2v) is 14.0. The number of rotatable bonds is 6. The summed E-state index contributed by atoms with van der Waals surface area (Å²) in [6, 6.07) is 68.3. The Morgan fingerprint density at radius 3 is 1.95 bits per heavy atom. The van der Waals surface area contributed by atoms with Crippen molar-refractivity contribution in [2.24, 2.45) is 0 Å². The van der Waals surface area contributed by atoms with Crippen molar-refractivity contribution in [1.82, 2.24) is 4.98 Å². The van der Waals surface area contributed by atoms with Gasteiger partial charge in [-0.1, -0.05) is 127 Å². The molecule has 11 aromatic rings. The smallest absolute Gasteiger partial charge is 0.227 e. The van der Waals surface area contributed by atoms with Gasteiger partial charge in [-0.25, -0.2) is 4.98 Å². The first-order valence-corrected chi connectivity index (χ1v) is 18.5. The summed E-state index contributed by atoms with van der Waals surface area (Å²) in [7, 11) is 0. The van der Waals surface area contributed by atoms with Gasteiger partial charge in [0.05, 0.1) is 5.69 Å². The van der Waals surface area contributed by atoms with E-state index >= 15 is 0 Å². The summed E-state index contributed by atoms with van der Waals surface area (Å²) in [5, 5.41) is 7.03. The van der Waals surface area contributed by atoms with E-state index in [0.717, 1.165) is 72.4 Å². The molecule has 9 aromatic carbocycles. The lowest BCUT2D eigenvalue weighted by Crippen LogP contribution is -2.10. The topological polar surface area (TPSA) is 42.4 Å². The second kappa shape index (κ2) is 12.6. The van der Waals surface area contributed by atoms with Crippen LogP contribution in [0.2, 0.25) is 0 Å². The van der Waals surface area contributed by atoms with E-state index in [9.17, 15) is 0 Å².